The van der Waals surface area contributed by atoms with Gasteiger partial charge in [-0.3, -0.25) is 4.90 Å². The van der Waals surface area contributed by atoms with Gasteiger partial charge in [0.25, 0.3) is 0 Å². The first-order chi connectivity index (χ1) is 10.1. The number of halogens is 1. The van der Waals surface area contributed by atoms with Crippen LogP contribution in [0.5, 0.6) is 0 Å². The monoisotopic (exact) mass is 327 g/mol. The first kappa shape index (κ1) is 18.7. The number of nitrogens with one attached hydrogen (secondary N) is 1. The molecule has 1 saturated heterocycles. The topological polar surface area (TPSA) is 55.8 Å². The van der Waals surface area contributed by atoms with Crippen LogP contribution < -0.4 is 5.32 Å². The van der Waals surface area contributed by atoms with Gasteiger partial charge in [-0.1, -0.05) is 30.3 Å². The second kappa shape index (κ2) is 9.66. The largest absolute Gasteiger partial charge is 0.392 e. The second-order valence-electron chi connectivity index (χ2n) is 5.60. The van der Waals surface area contributed by atoms with E-state index in [4.69, 9.17) is 0 Å². The highest BCUT2D eigenvalue weighted by molar-refractivity contribution is 5.85. The zero-order valence-corrected chi connectivity index (χ0v) is 13.9. The molecule has 1 atom stereocenters. The van der Waals surface area contributed by atoms with Crippen molar-refractivity contribution in [3.8, 4) is 0 Å². The SMILES string of the molecule is CC(O)CN1CCN(C(=O)NCCc2ccccc2)CC1.Cl. The predicted molar refractivity (Wildman–Crippen MR) is 90.5 cm³/mol. The minimum Gasteiger partial charge on any atom is -0.392 e. The number of β-amino-alcohol motifs (C(OH)–C–C–N with tert-alkyl or cyclic N) is 1. The molecule has 1 aromatic rings. The van der Waals surface area contributed by atoms with E-state index in [1.165, 1.54) is 5.56 Å². The Morgan fingerprint density at radius 3 is 2.45 bits per heavy atom. The molecule has 2 N–H and O–H groups in total. The van der Waals surface area contributed by atoms with Crippen LogP contribution in [-0.4, -0.2) is 66.3 Å². The number of rotatable bonds is 5. The molecular weight excluding hydrogens is 302 g/mol. The maximum absolute atomic E-state index is 12.1. The molecule has 0 aromatic heterocycles. The molecule has 0 aliphatic carbocycles. The number of carbonyl (C=O) groups excluding carboxylic acids is 1. The van der Waals surface area contributed by atoms with E-state index in [2.05, 4.69) is 22.3 Å². The molecule has 6 heteroatoms. The van der Waals surface area contributed by atoms with Gasteiger partial charge in [0.15, 0.2) is 0 Å². The van der Waals surface area contributed by atoms with Crippen LogP contribution in [0.1, 0.15) is 12.5 Å². The number of aliphatic hydroxyl groups is 1. The van der Waals surface area contributed by atoms with Gasteiger partial charge in [-0.15, -0.1) is 12.4 Å². The fourth-order valence-electron chi connectivity index (χ4n) is 2.58. The zero-order chi connectivity index (χ0) is 15.1. The van der Waals surface area contributed by atoms with Crippen molar-refractivity contribution < 1.29 is 9.90 Å². The molecule has 0 bridgehead atoms. The van der Waals surface area contributed by atoms with Crippen LogP contribution in [0.2, 0.25) is 0 Å². The van der Waals surface area contributed by atoms with Gasteiger partial charge in [-0.25, -0.2) is 4.79 Å². The van der Waals surface area contributed by atoms with E-state index in [0.717, 1.165) is 32.6 Å². The third-order valence-electron chi connectivity index (χ3n) is 3.71. The first-order valence-electron chi connectivity index (χ1n) is 7.62. The third-order valence-corrected chi connectivity index (χ3v) is 3.71. The lowest BCUT2D eigenvalue weighted by Crippen LogP contribution is -2.53. The van der Waals surface area contributed by atoms with E-state index < -0.39 is 0 Å². The van der Waals surface area contributed by atoms with Gasteiger partial charge in [0.1, 0.15) is 0 Å². The van der Waals surface area contributed by atoms with Crippen LogP contribution in [-0.2, 0) is 6.42 Å². The fourth-order valence-corrected chi connectivity index (χ4v) is 2.58. The average molecular weight is 328 g/mol. The second-order valence-corrected chi connectivity index (χ2v) is 5.60. The van der Waals surface area contributed by atoms with Crippen LogP contribution in [0.15, 0.2) is 30.3 Å². The van der Waals surface area contributed by atoms with Gasteiger partial charge >= 0.3 is 6.03 Å². The average Bonchev–Trinajstić information content (AvgIpc) is 2.48. The highest BCUT2D eigenvalue weighted by Crippen LogP contribution is 2.03. The molecule has 1 aromatic carbocycles. The van der Waals surface area contributed by atoms with Gasteiger partial charge in [0.2, 0.25) is 0 Å². The van der Waals surface area contributed by atoms with Gasteiger partial charge in [-0.05, 0) is 18.9 Å². The molecule has 2 rings (SSSR count). The van der Waals surface area contributed by atoms with E-state index >= 15 is 0 Å². The number of nitrogens with zero attached hydrogens (tertiary/aromatic N) is 2. The Bertz CT molecular complexity index is 434. The molecule has 0 saturated carbocycles. The van der Waals surface area contributed by atoms with E-state index in [0.29, 0.717) is 13.1 Å². The summed E-state index contributed by atoms with van der Waals surface area (Å²) in [4.78, 5) is 16.1. The summed E-state index contributed by atoms with van der Waals surface area (Å²) in [5, 5.41) is 12.3. The Morgan fingerprint density at radius 2 is 1.86 bits per heavy atom. The molecule has 22 heavy (non-hydrogen) atoms. The predicted octanol–water partition coefficient (Wildman–Crippen LogP) is 1.36. The number of benzene rings is 1. The minimum atomic E-state index is -0.309. The highest BCUT2D eigenvalue weighted by Gasteiger charge is 2.21. The van der Waals surface area contributed by atoms with Gasteiger partial charge in [0, 0.05) is 39.3 Å². The van der Waals surface area contributed by atoms with Crippen molar-refractivity contribution in [2.45, 2.75) is 19.4 Å². The van der Waals surface area contributed by atoms with E-state index in [9.17, 15) is 9.90 Å². The van der Waals surface area contributed by atoms with Crippen molar-refractivity contribution in [1.82, 2.24) is 15.1 Å². The van der Waals surface area contributed by atoms with E-state index in [1.54, 1.807) is 6.92 Å². The summed E-state index contributed by atoms with van der Waals surface area (Å²) in [6.07, 6.45) is 0.547. The van der Waals surface area contributed by atoms with Crippen molar-refractivity contribution in [3.63, 3.8) is 0 Å². The molecule has 1 fully saturated rings. The molecule has 5 nitrogen and oxygen atoms in total. The van der Waals surface area contributed by atoms with Crippen molar-refractivity contribution in [1.29, 1.82) is 0 Å². The van der Waals surface area contributed by atoms with Crippen LogP contribution in [0.3, 0.4) is 0 Å². The Labute approximate surface area is 138 Å². The first-order valence-corrected chi connectivity index (χ1v) is 7.62. The zero-order valence-electron chi connectivity index (χ0n) is 13.1. The number of carbonyl (C=O) groups is 1. The van der Waals surface area contributed by atoms with Crippen LogP contribution in [0, 0.1) is 0 Å². The van der Waals surface area contributed by atoms with Crippen LogP contribution >= 0.6 is 12.4 Å². The Kier molecular flexibility index (Phi) is 8.24. The summed E-state index contributed by atoms with van der Waals surface area (Å²) >= 11 is 0. The lowest BCUT2D eigenvalue weighted by atomic mass is 10.1. The standard InChI is InChI=1S/C16H25N3O2.ClH/c1-14(20)13-18-9-11-19(12-10-18)16(21)17-8-7-15-5-3-2-4-6-15;/h2-6,14,20H,7-13H2,1H3,(H,17,21);1H. The summed E-state index contributed by atoms with van der Waals surface area (Å²) in [6.45, 7) is 6.25. The Balaban J connectivity index is 0.00000242. The maximum atomic E-state index is 12.1. The third kappa shape index (κ3) is 6.22. The number of amides is 2. The summed E-state index contributed by atoms with van der Waals surface area (Å²) in [7, 11) is 0. The van der Waals surface area contributed by atoms with Crippen molar-refractivity contribution in [2.24, 2.45) is 0 Å². The molecule has 1 heterocycles. The smallest absolute Gasteiger partial charge is 0.317 e. The Morgan fingerprint density at radius 1 is 1.23 bits per heavy atom. The molecule has 0 spiro atoms. The molecular formula is C16H26ClN3O2. The number of piperazine rings is 1. The molecule has 0 radical (unpaired) electrons. The van der Waals surface area contributed by atoms with Crippen LogP contribution in [0.4, 0.5) is 4.79 Å². The molecule has 1 aliphatic rings. The fraction of sp³-hybridized carbons (Fsp3) is 0.562. The van der Waals surface area contributed by atoms with Crippen LogP contribution in [0.25, 0.3) is 0 Å². The lowest BCUT2D eigenvalue weighted by molar-refractivity contribution is 0.0898. The maximum Gasteiger partial charge on any atom is 0.317 e. The Hall–Kier alpha value is -1.30. The number of hydrogen-bond acceptors (Lipinski definition) is 3. The molecule has 2 amide bonds. The molecule has 124 valence electrons. The molecule has 1 aliphatic heterocycles. The number of hydrogen-bond donors (Lipinski definition) is 2. The highest BCUT2D eigenvalue weighted by atomic mass is 35.5. The summed E-state index contributed by atoms with van der Waals surface area (Å²) in [5.41, 5.74) is 1.24. The van der Waals surface area contributed by atoms with Gasteiger partial charge < -0.3 is 15.3 Å². The summed E-state index contributed by atoms with van der Waals surface area (Å²) < 4.78 is 0. The minimum absolute atomic E-state index is 0. The summed E-state index contributed by atoms with van der Waals surface area (Å²) in [6, 6.07) is 10.2. The van der Waals surface area contributed by atoms with Gasteiger partial charge in [0.05, 0.1) is 6.10 Å². The van der Waals surface area contributed by atoms with Crippen molar-refractivity contribution in [2.75, 3.05) is 39.3 Å². The normalized spacial score (nSPS) is 16.7. The van der Waals surface area contributed by atoms with Crippen molar-refractivity contribution in [3.05, 3.63) is 35.9 Å². The van der Waals surface area contributed by atoms with Crippen molar-refractivity contribution >= 4 is 18.4 Å². The van der Waals surface area contributed by atoms with Gasteiger partial charge in [-0.2, -0.15) is 0 Å². The number of aliphatic hydroxyl groups excluding tert-OH is 1. The number of urea groups is 1. The quantitative estimate of drug-likeness (QED) is 0.858. The van der Waals surface area contributed by atoms with E-state index in [1.807, 2.05) is 23.1 Å². The summed E-state index contributed by atoms with van der Waals surface area (Å²) in [5.74, 6) is 0. The lowest BCUT2D eigenvalue weighted by Gasteiger charge is -2.35. The molecule has 1 unspecified atom stereocenters. The van der Waals surface area contributed by atoms with E-state index in [-0.39, 0.29) is 24.5 Å².